The first-order chi connectivity index (χ1) is 17.5. The second-order valence-electron chi connectivity index (χ2n) is 9.65. The number of benzene rings is 1. The third-order valence-electron chi connectivity index (χ3n) is 6.45. The van der Waals surface area contributed by atoms with Crippen LogP contribution in [0.1, 0.15) is 43.0 Å². The number of ether oxygens (including phenoxy) is 1. The molecule has 4 atom stereocenters. The number of hydrogen-bond acceptors (Lipinski definition) is 7. The topological polar surface area (TPSA) is 163 Å². The maximum Gasteiger partial charge on any atom is 0.410 e. The summed E-state index contributed by atoms with van der Waals surface area (Å²) >= 11 is 6.10. The zero-order chi connectivity index (χ0) is 26.9. The van der Waals surface area contributed by atoms with Gasteiger partial charge in [-0.25, -0.2) is 4.79 Å². The van der Waals surface area contributed by atoms with Gasteiger partial charge >= 0.3 is 6.09 Å². The predicted octanol–water partition coefficient (Wildman–Crippen LogP) is 0.590. The molecule has 1 aliphatic carbocycles. The molecule has 0 bridgehead atoms. The number of carbonyl (C=O) groups is 6. The number of halogens is 1. The van der Waals surface area contributed by atoms with Crippen LogP contribution < -0.4 is 21.3 Å². The van der Waals surface area contributed by atoms with E-state index < -0.39 is 47.7 Å². The number of cyclic esters (lactones) is 1. The van der Waals surface area contributed by atoms with Gasteiger partial charge in [-0.05, 0) is 50.8 Å². The van der Waals surface area contributed by atoms with E-state index in [0.29, 0.717) is 6.42 Å². The van der Waals surface area contributed by atoms with Gasteiger partial charge in [-0.1, -0.05) is 11.6 Å². The fraction of sp³-hybridized carbons (Fsp3) is 0.500. The molecule has 12 nitrogen and oxygen atoms in total. The highest BCUT2D eigenvalue weighted by Gasteiger charge is 2.38. The van der Waals surface area contributed by atoms with Crippen molar-refractivity contribution in [2.75, 3.05) is 18.9 Å². The molecule has 1 aromatic rings. The minimum Gasteiger partial charge on any atom is -0.434 e. The van der Waals surface area contributed by atoms with Crippen molar-refractivity contribution in [3.05, 3.63) is 28.8 Å². The van der Waals surface area contributed by atoms with E-state index in [0.717, 1.165) is 12.8 Å². The Hall–Kier alpha value is -3.67. The SMILES string of the molecule is C[C@@H]1C[C@@H](CC(NC(=O)c2cc(Cl)ccc2NC(=O)[C@@H]2CN(C)C(=O)O2)C(=O)C(=O)NC2CC2)C(=O)N1. The first-order valence-corrected chi connectivity index (χ1v) is 12.4. The lowest BCUT2D eigenvalue weighted by molar-refractivity contribution is -0.139. The Balaban J connectivity index is 1.52. The Labute approximate surface area is 217 Å². The molecule has 0 radical (unpaired) electrons. The number of anilines is 1. The lowest BCUT2D eigenvalue weighted by atomic mass is 9.93. The summed E-state index contributed by atoms with van der Waals surface area (Å²) in [6, 6.07) is 2.72. The van der Waals surface area contributed by atoms with Crippen molar-refractivity contribution in [1.82, 2.24) is 20.9 Å². The molecule has 2 saturated heterocycles. The quantitative estimate of drug-likeness (QED) is 0.337. The molecule has 3 fully saturated rings. The smallest absolute Gasteiger partial charge is 0.410 e. The molecule has 13 heteroatoms. The first kappa shape index (κ1) is 26.4. The largest absolute Gasteiger partial charge is 0.434 e. The third-order valence-corrected chi connectivity index (χ3v) is 6.68. The van der Waals surface area contributed by atoms with Gasteiger partial charge in [-0.2, -0.15) is 0 Å². The normalized spacial score (nSPS) is 23.6. The summed E-state index contributed by atoms with van der Waals surface area (Å²) in [5.74, 6) is -3.93. The highest BCUT2D eigenvalue weighted by molar-refractivity contribution is 6.38. The second-order valence-corrected chi connectivity index (χ2v) is 10.1. The molecular weight excluding hydrogens is 506 g/mol. The van der Waals surface area contributed by atoms with E-state index >= 15 is 0 Å². The second kappa shape index (κ2) is 10.8. The summed E-state index contributed by atoms with van der Waals surface area (Å²) < 4.78 is 5.01. The molecule has 2 heterocycles. The molecule has 1 saturated carbocycles. The van der Waals surface area contributed by atoms with Gasteiger partial charge in [-0.15, -0.1) is 0 Å². The molecule has 198 valence electrons. The van der Waals surface area contributed by atoms with Crippen LogP contribution in [-0.2, 0) is 23.9 Å². The number of ketones is 1. The number of nitrogens with one attached hydrogen (secondary N) is 4. The van der Waals surface area contributed by atoms with Crippen LogP contribution in [0.4, 0.5) is 10.5 Å². The molecule has 3 aliphatic rings. The number of amides is 5. The Morgan fingerprint density at radius 2 is 1.95 bits per heavy atom. The zero-order valence-electron chi connectivity index (χ0n) is 20.3. The van der Waals surface area contributed by atoms with Crippen LogP contribution in [0.2, 0.25) is 5.02 Å². The Morgan fingerprint density at radius 1 is 1.22 bits per heavy atom. The molecule has 4 rings (SSSR count). The van der Waals surface area contributed by atoms with Gasteiger partial charge in [0.05, 0.1) is 23.8 Å². The van der Waals surface area contributed by atoms with Crippen LogP contribution in [0.5, 0.6) is 0 Å². The van der Waals surface area contributed by atoms with Crippen molar-refractivity contribution >= 4 is 52.8 Å². The monoisotopic (exact) mass is 533 g/mol. The molecule has 4 N–H and O–H groups in total. The van der Waals surface area contributed by atoms with Gasteiger partial charge in [-0.3, -0.25) is 24.0 Å². The molecule has 1 unspecified atom stereocenters. The minimum atomic E-state index is -1.28. The number of rotatable bonds is 9. The van der Waals surface area contributed by atoms with Crippen molar-refractivity contribution in [2.45, 2.75) is 56.8 Å². The maximum atomic E-state index is 13.3. The van der Waals surface area contributed by atoms with Gasteiger partial charge < -0.3 is 30.9 Å². The van der Waals surface area contributed by atoms with Crippen molar-refractivity contribution in [1.29, 1.82) is 0 Å². The van der Waals surface area contributed by atoms with Crippen molar-refractivity contribution in [3.8, 4) is 0 Å². The summed E-state index contributed by atoms with van der Waals surface area (Å²) in [5.41, 5.74) is 0.00142. The van der Waals surface area contributed by atoms with E-state index in [2.05, 4.69) is 21.3 Å². The highest BCUT2D eigenvalue weighted by atomic mass is 35.5. The van der Waals surface area contributed by atoms with Crippen molar-refractivity contribution in [3.63, 3.8) is 0 Å². The average Bonchev–Trinajstić information content (AvgIpc) is 3.51. The van der Waals surface area contributed by atoms with E-state index in [1.165, 1.54) is 30.1 Å². The van der Waals surface area contributed by atoms with Gasteiger partial charge in [0.2, 0.25) is 11.7 Å². The minimum absolute atomic E-state index is 0.0361. The van der Waals surface area contributed by atoms with Crippen molar-refractivity contribution in [2.24, 2.45) is 5.92 Å². The fourth-order valence-electron chi connectivity index (χ4n) is 4.29. The van der Waals surface area contributed by atoms with Crippen molar-refractivity contribution < 1.29 is 33.5 Å². The standard InChI is InChI=1S/C24H28ClN5O7/c1-11-7-12(20(32)26-11)8-17(19(31)23(35)27-14-4-5-14)29-21(33)15-9-13(25)3-6-16(15)28-22(34)18-10-30(2)24(36)37-18/h3,6,9,11-12,14,17-18H,4-5,7-8,10H2,1-2H3,(H,26,32)(H,27,35)(H,28,34)(H,29,33)/t11-,12+,17?,18+/m1/s1. The Kier molecular flexibility index (Phi) is 7.67. The van der Waals surface area contributed by atoms with E-state index in [-0.39, 0.29) is 47.2 Å². The Morgan fingerprint density at radius 3 is 2.54 bits per heavy atom. The number of Topliss-reactive ketones (excluding diaryl/α,β-unsaturated/α-hetero) is 1. The number of hydrogen-bond donors (Lipinski definition) is 4. The van der Waals surface area contributed by atoms with Crippen LogP contribution >= 0.6 is 11.6 Å². The first-order valence-electron chi connectivity index (χ1n) is 12.0. The summed E-state index contributed by atoms with van der Waals surface area (Å²) in [6.07, 6.45) is 0.214. The fourth-order valence-corrected chi connectivity index (χ4v) is 4.46. The van der Waals surface area contributed by atoms with Crippen LogP contribution in [0.15, 0.2) is 18.2 Å². The van der Waals surface area contributed by atoms with E-state index in [4.69, 9.17) is 16.3 Å². The van der Waals surface area contributed by atoms with Gasteiger partial charge in [0.25, 0.3) is 17.7 Å². The summed E-state index contributed by atoms with van der Waals surface area (Å²) in [5, 5.41) is 10.7. The van der Waals surface area contributed by atoms with E-state index in [9.17, 15) is 28.8 Å². The Bertz CT molecular complexity index is 1150. The van der Waals surface area contributed by atoms with Crippen LogP contribution in [-0.4, -0.2) is 78.2 Å². The molecular formula is C24H28ClN5O7. The van der Waals surface area contributed by atoms with Crippen LogP contribution in [0.25, 0.3) is 0 Å². The van der Waals surface area contributed by atoms with Gasteiger partial charge in [0.15, 0.2) is 6.10 Å². The summed E-state index contributed by atoms with van der Waals surface area (Å²) in [7, 11) is 1.48. The summed E-state index contributed by atoms with van der Waals surface area (Å²) in [6.45, 7) is 1.86. The van der Waals surface area contributed by atoms with Crippen LogP contribution in [0, 0.1) is 5.92 Å². The van der Waals surface area contributed by atoms with Crippen LogP contribution in [0.3, 0.4) is 0 Å². The summed E-state index contributed by atoms with van der Waals surface area (Å²) in [4.78, 5) is 76.6. The van der Waals surface area contributed by atoms with Gasteiger partial charge in [0.1, 0.15) is 0 Å². The molecule has 0 spiro atoms. The zero-order valence-corrected chi connectivity index (χ0v) is 21.1. The van der Waals surface area contributed by atoms with E-state index in [1.54, 1.807) is 0 Å². The molecule has 1 aromatic carbocycles. The number of nitrogens with zero attached hydrogens (tertiary/aromatic N) is 1. The average molecular weight is 534 g/mol. The number of carbonyl (C=O) groups excluding carboxylic acids is 6. The number of likely N-dealkylation sites (N-methyl/N-ethyl adjacent to an activating group) is 1. The third kappa shape index (κ3) is 6.37. The molecule has 0 aromatic heterocycles. The van der Waals surface area contributed by atoms with E-state index in [1.807, 2.05) is 6.92 Å². The maximum absolute atomic E-state index is 13.3. The molecule has 2 aliphatic heterocycles. The predicted molar refractivity (Wildman–Crippen MR) is 131 cm³/mol. The molecule has 5 amide bonds. The van der Waals surface area contributed by atoms with Gasteiger partial charge in [0, 0.05) is 30.1 Å². The molecule has 37 heavy (non-hydrogen) atoms. The lowest BCUT2D eigenvalue weighted by Gasteiger charge is -2.21. The highest BCUT2D eigenvalue weighted by Crippen LogP contribution is 2.25. The lowest BCUT2D eigenvalue weighted by Crippen LogP contribution is -2.49.